The monoisotopic (exact) mass is 336 g/mol. The van der Waals surface area contributed by atoms with Crippen LogP contribution in [0.25, 0.3) is 0 Å². The van der Waals surface area contributed by atoms with Crippen molar-refractivity contribution in [3.8, 4) is 17.2 Å². The van der Waals surface area contributed by atoms with Crippen LogP contribution in [0.4, 0.5) is 17.1 Å². The number of non-ortho nitro benzene ring substituents is 1. The largest absolute Gasteiger partial charge is 0.497 e. The van der Waals surface area contributed by atoms with Crippen molar-refractivity contribution < 1.29 is 14.4 Å². The Morgan fingerprint density at radius 2 is 1.20 bits per heavy atom. The second kappa shape index (κ2) is 7.35. The van der Waals surface area contributed by atoms with E-state index in [-0.39, 0.29) is 5.69 Å². The molecule has 3 aromatic rings. The maximum Gasteiger partial charge on any atom is 0.269 e. The van der Waals surface area contributed by atoms with E-state index in [1.165, 1.54) is 12.1 Å². The molecule has 3 aromatic carbocycles. The van der Waals surface area contributed by atoms with Gasteiger partial charge in [0.1, 0.15) is 17.2 Å². The summed E-state index contributed by atoms with van der Waals surface area (Å²) in [4.78, 5) is 10.2. The lowest BCUT2D eigenvalue weighted by atomic mass is 10.2. The Bertz CT molecular complexity index is 844. The molecule has 0 atom stereocenters. The van der Waals surface area contributed by atoms with Gasteiger partial charge in [-0.1, -0.05) is 0 Å². The SMILES string of the molecule is COc1ccc(Oc2ccc(Nc3ccc([N+](=O)[O-])cc3)cc2)cc1. The molecular weight excluding hydrogens is 320 g/mol. The molecule has 0 bridgehead atoms. The van der Waals surface area contributed by atoms with E-state index in [0.717, 1.165) is 22.9 Å². The van der Waals surface area contributed by atoms with Crippen molar-refractivity contribution >= 4 is 17.1 Å². The maximum atomic E-state index is 10.7. The Morgan fingerprint density at radius 1 is 0.760 bits per heavy atom. The van der Waals surface area contributed by atoms with Crippen molar-refractivity contribution in [2.24, 2.45) is 0 Å². The highest BCUT2D eigenvalue weighted by atomic mass is 16.6. The van der Waals surface area contributed by atoms with Gasteiger partial charge >= 0.3 is 0 Å². The van der Waals surface area contributed by atoms with Gasteiger partial charge in [-0.2, -0.15) is 0 Å². The molecule has 0 unspecified atom stereocenters. The van der Waals surface area contributed by atoms with E-state index in [2.05, 4.69) is 5.32 Å². The van der Waals surface area contributed by atoms with Gasteiger partial charge in [0.15, 0.2) is 0 Å². The lowest BCUT2D eigenvalue weighted by Gasteiger charge is -2.09. The van der Waals surface area contributed by atoms with Crippen LogP contribution < -0.4 is 14.8 Å². The van der Waals surface area contributed by atoms with Crippen LogP contribution in [0.15, 0.2) is 72.8 Å². The number of nitrogens with one attached hydrogen (secondary N) is 1. The fourth-order valence-corrected chi connectivity index (χ4v) is 2.22. The van der Waals surface area contributed by atoms with Crippen LogP contribution in [0.2, 0.25) is 0 Å². The average Bonchev–Trinajstić information content (AvgIpc) is 2.64. The molecular formula is C19H16N2O4. The molecule has 0 heterocycles. The quantitative estimate of drug-likeness (QED) is 0.498. The predicted octanol–water partition coefficient (Wildman–Crippen LogP) is 5.14. The fraction of sp³-hybridized carbons (Fsp3) is 0.0526. The van der Waals surface area contributed by atoms with E-state index in [0.29, 0.717) is 5.75 Å². The fourth-order valence-electron chi connectivity index (χ4n) is 2.22. The highest BCUT2D eigenvalue weighted by Gasteiger charge is 2.04. The minimum atomic E-state index is -0.422. The molecule has 6 heteroatoms. The van der Waals surface area contributed by atoms with Gasteiger partial charge in [-0.15, -0.1) is 0 Å². The molecule has 6 nitrogen and oxygen atoms in total. The van der Waals surface area contributed by atoms with Crippen LogP contribution in [0, 0.1) is 10.1 Å². The van der Waals surface area contributed by atoms with Gasteiger partial charge in [0, 0.05) is 23.5 Å². The van der Waals surface area contributed by atoms with E-state index < -0.39 is 4.92 Å². The summed E-state index contributed by atoms with van der Waals surface area (Å²) in [6.45, 7) is 0. The zero-order valence-electron chi connectivity index (χ0n) is 13.5. The Morgan fingerprint density at radius 3 is 1.68 bits per heavy atom. The summed E-state index contributed by atoms with van der Waals surface area (Å²) >= 11 is 0. The Labute approximate surface area is 144 Å². The summed E-state index contributed by atoms with van der Waals surface area (Å²) in [5.74, 6) is 2.20. The molecule has 1 N–H and O–H groups in total. The molecule has 0 radical (unpaired) electrons. The van der Waals surface area contributed by atoms with Crippen molar-refractivity contribution in [3.63, 3.8) is 0 Å². The van der Waals surface area contributed by atoms with Gasteiger partial charge in [0.2, 0.25) is 0 Å². The van der Waals surface area contributed by atoms with Crippen LogP contribution >= 0.6 is 0 Å². The Balaban J connectivity index is 1.64. The van der Waals surface area contributed by atoms with Gasteiger partial charge < -0.3 is 14.8 Å². The second-order valence-electron chi connectivity index (χ2n) is 5.23. The number of nitro groups is 1. The smallest absolute Gasteiger partial charge is 0.269 e. The van der Waals surface area contributed by atoms with Gasteiger partial charge in [0.25, 0.3) is 5.69 Å². The standard InChI is InChI=1S/C19H16N2O4/c1-24-17-10-12-19(13-11-17)25-18-8-4-15(5-9-18)20-14-2-6-16(7-3-14)21(22)23/h2-13,20H,1H3. The third-order valence-electron chi connectivity index (χ3n) is 3.52. The number of hydrogen-bond acceptors (Lipinski definition) is 5. The highest BCUT2D eigenvalue weighted by Crippen LogP contribution is 2.26. The van der Waals surface area contributed by atoms with Gasteiger partial charge in [-0.25, -0.2) is 0 Å². The summed E-state index contributed by atoms with van der Waals surface area (Å²) in [5, 5.41) is 13.8. The molecule has 0 fully saturated rings. The summed E-state index contributed by atoms with van der Waals surface area (Å²) in [6.07, 6.45) is 0. The zero-order valence-corrected chi connectivity index (χ0v) is 13.5. The number of nitro benzene ring substituents is 1. The van der Waals surface area contributed by atoms with Gasteiger partial charge in [-0.05, 0) is 60.7 Å². The van der Waals surface area contributed by atoms with E-state index in [1.807, 2.05) is 48.5 Å². The first-order chi connectivity index (χ1) is 12.1. The molecule has 25 heavy (non-hydrogen) atoms. The topological polar surface area (TPSA) is 73.6 Å². The van der Waals surface area contributed by atoms with Gasteiger partial charge in [0.05, 0.1) is 12.0 Å². The third-order valence-corrected chi connectivity index (χ3v) is 3.52. The average molecular weight is 336 g/mol. The molecule has 0 aliphatic carbocycles. The van der Waals surface area contributed by atoms with Crippen molar-refractivity contribution in [2.45, 2.75) is 0 Å². The first-order valence-corrected chi connectivity index (χ1v) is 7.57. The van der Waals surface area contributed by atoms with Crippen LogP contribution in [0.5, 0.6) is 17.2 Å². The highest BCUT2D eigenvalue weighted by molar-refractivity contribution is 5.61. The minimum absolute atomic E-state index is 0.0637. The summed E-state index contributed by atoms with van der Waals surface area (Å²) in [5.41, 5.74) is 1.69. The summed E-state index contributed by atoms with van der Waals surface area (Å²) < 4.78 is 10.9. The summed E-state index contributed by atoms with van der Waals surface area (Å²) in [7, 11) is 1.62. The number of hydrogen-bond donors (Lipinski definition) is 1. The molecule has 0 spiro atoms. The number of anilines is 2. The first kappa shape index (κ1) is 16.3. The van der Waals surface area contributed by atoms with Crippen LogP contribution in [0.3, 0.4) is 0 Å². The number of benzene rings is 3. The Hall–Kier alpha value is -3.54. The third kappa shape index (κ3) is 4.26. The first-order valence-electron chi connectivity index (χ1n) is 7.57. The number of ether oxygens (including phenoxy) is 2. The number of nitrogens with zero attached hydrogens (tertiary/aromatic N) is 1. The molecule has 0 aromatic heterocycles. The molecule has 0 aliphatic rings. The second-order valence-corrected chi connectivity index (χ2v) is 5.23. The maximum absolute atomic E-state index is 10.7. The molecule has 126 valence electrons. The Kier molecular flexibility index (Phi) is 4.80. The zero-order chi connectivity index (χ0) is 17.6. The van der Waals surface area contributed by atoms with E-state index >= 15 is 0 Å². The normalized spacial score (nSPS) is 10.1. The van der Waals surface area contributed by atoms with E-state index in [9.17, 15) is 10.1 Å². The van der Waals surface area contributed by atoms with Crippen LogP contribution in [-0.2, 0) is 0 Å². The molecule has 0 amide bonds. The van der Waals surface area contributed by atoms with E-state index in [4.69, 9.17) is 9.47 Å². The molecule has 3 rings (SSSR count). The molecule has 0 saturated carbocycles. The molecule has 0 aliphatic heterocycles. The van der Waals surface area contributed by atoms with Crippen LogP contribution in [-0.4, -0.2) is 12.0 Å². The van der Waals surface area contributed by atoms with Crippen molar-refractivity contribution in [3.05, 3.63) is 82.9 Å². The number of methoxy groups -OCH3 is 1. The van der Waals surface area contributed by atoms with E-state index in [1.54, 1.807) is 19.2 Å². The molecule has 0 saturated heterocycles. The lowest BCUT2D eigenvalue weighted by molar-refractivity contribution is -0.384. The van der Waals surface area contributed by atoms with Crippen molar-refractivity contribution in [2.75, 3.05) is 12.4 Å². The number of rotatable bonds is 6. The van der Waals surface area contributed by atoms with Crippen molar-refractivity contribution in [1.82, 2.24) is 0 Å². The lowest BCUT2D eigenvalue weighted by Crippen LogP contribution is -1.92. The van der Waals surface area contributed by atoms with Crippen molar-refractivity contribution in [1.29, 1.82) is 0 Å². The summed E-state index contributed by atoms with van der Waals surface area (Å²) in [6, 6.07) is 21.0. The van der Waals surface area contributed by atoms with Gasteiger partial charge in [-0.3, -0.25) is 10.1 Å². The minimum Gasteiger partial charge on any atom is -0.497 e. The predicted molar refractivity (Wildman–Crippen MR) is 95.9 cm³/mol. The van der Waals surface area contributed by atoms with Crippen LogP contribution in [0.1, 0.15) is 0 Å².